The second-order valence-electron chi connectivity index (χ2n) is 11.8. The normalized spacial score (nSPS) is 45.8. The number of hydrogen-bond acceptors (Lipinski definition) is 4. The molecule has 3 aliphatic carbocycles. The summed E-state index contributed by atoms with van der Waals surface area (Å²) in [5.74, 6) is -0.607. The molecule has 0 amide bonds. The molecule has 2 N–H and O–H groups in total. The zero-order valence-electron chi connectivity index (χ0n) is 19.2. The minimum Gasteiger partial charge on any atom is -0.385 e. The maximum atomic E-state index is 13.1. The third-order valence-electron chi connectivity index (χ3n) is 10.2. The summed E-state index contributed by atoms with van der Waals surface area (Å²) in [4.78, 5) is 16.8. The van der Waals surface area contributed by atoms with Gasteiger partial charge in [0.25, 0.3) is 0 Å². The number of carbonyl (C=O) groups excluding carboxylic acids is 1. The van der Waals surface area contributed by atoms with Gasteiger partial charge in [-0.05, 0) is 63.2 Å². The molecule has 6 atom stereocenters. The topological polar surface area (TPSA) is 71.5 Å². The van der Waals surface area contributed by atoms with Gasteiger partial charge in [-0.2, -0.15) is 0 Å². The summed E-state index contributed by atoms with van der Waals surface area (Å²) >= 11 is 0. The Balaban J connectivity index is 1.43. The number of ether oxygens (including phenoxy) is 2. The molecule has 168 valence electrons. The number of rotatable bonds is 0. The summed E-state index contributed by atoms with van der Waals surface area (Å²) in [6.07, 6.45) is 5.09. The fourth-order valence-electron chi connectivity index (χ4n) is 8.39. The smallest absolute Gasteiger partial charge is 0.195 e. The highest BCUT2D eigenvalue weighted by molar-refractivity contribution is 5.97. The fourth-order valence-corrected chi connectivity index (χ4v) is 8.39. The molecule has 3 heterocycles. The highest BCUT2D eigenvalue weighted by Gasteiger charge is 2.75. The molecule has 2 saturated carbocycles. The lowest BCUT2D eigenvalue weighted by Gasteiger charge is -2.65. The van der Waals surface area contributed by atoms with Crippen LogP contribution in [0.1, 0.15) is 64.6 Å². The van der Waals surface area contributed by atoms with Crippen molar-refractivity contribution in [1.82, 2.24) is 4.98 Å². The first-order valence-electron chi connectivity index (χ1n) is 12.0. The van der Waals surface area contributed by atoms with Gasteiger partial charge in [0.05, 0.1) is 5.60 Å². The number of hydrogen-bond donors (Lipinski definition) is 2. The van der Waals surface area contributed by atoms with Crippen molar-refractivity contribution in [1.29, 1.82) is 0 Å². The van der Waals surface area contributed by atoms with E-state index in [0.717, 1.165) is 19.3 Å². The van der Waals surface area contributed by atoms with E-state index >= 15 is 0 Å². The van der Waals surface area contributed by atoms with E-state index in [0.29, 0.717) is 24.3 Å². The van der Waals surface area contributed by atoms with Crippen molar-refractivity contribution in [2.75, 3.05) is 0 Å². The molecule has 1 spiro atoms. The minimum atomic E-state index is -1.16. The molecule has 2 bridgehead atoms. The summed E-state index contributed by atoms with van der Waals surface area (Å²) in [6, 6.07) is 8.53. The van der Waals surface area contributed by atoms with Crippen molar-refractivity contribution in [3.63, 3.8) is 0 Å². The minimum absolute atomic E-state index is 0.0826. The van der Waals surface area contributed by atoms with Crippen LogP contribution in [0.5, 0.6) is 0 Å². The maximum absolute atomic E-state index is 13.1. The SMILES string of the molecule is CC1(C)OC23CCC4(C)C(O)(CCC5Cc6c([nH]c7ccccc67)C54C)C2=CC(=O)C1O3. The van der Waals surface area contributed by atoms with Gasteiger partial charge in [-0.1, -0.05) is 32.0 Å². The van der Waals surface area contributed by atoms with Gasteiger partial charge in [0.15, 0.2) is 17.7 Å². The van der Waals surface area contributed by atoms with Gasteiger partial charge < -0.3 is 19.6 Å². The summed E-state index contributed by atoms with van der Waals surface area (Å²) in [7, 11) is 0. The molecule has 2 aromatic rings. The second kappa shape index (κ2) is 5.40. The van der Waals surface area contributed by atoms with Crippen LogP contribution in [0.25, 0.3) is 10.9 Å². The van der Waals surface area contributed by atoms with Crippen molar-refractivity contribution in [3.8, 4) is 0 Å². The van der Waals surface area contributed by atoms with Gasteiger partial charge in [-0.25, -0.2) is 0 Å². The Morgan fingerprint density at radius 1 is 1.09 bits per heavy atom. The van der Waals surface area contributed by atoms with E-state index in [2.05, 4.69) is 43.1 Å². The largest absolute Gasteiger partial charge is 0.385 e. The molecule has 1 aromatic heterocycles. The molecular weight excluding hydrogens is 402 g/mol. The Labute approximate surface area is 188 Å². The van der Waals surface area contributed by atoms with E-state index < -0.39 is 28.5 Å². The Bertz CT molecular complexity index is 1240. The maximum Gasteiger partial charge on any atom is 0.195 e. The number of H-pyrrole nitrogens is 1. The number of aliphatic hydroxyl groups is 1. The van der Waals surface area contributed by atoms with Crippen LogP contribution in [0.4, 0.5) is 0 Å². The van der Waals surface area contributed by atoms with E-state index in [1.165, 1.54) is 22.2 Å². The molecule has 5 nitrogen and oxygen atoms in total. The van der Waals surface area contributed by atoms with Crippen LogP contribution in [-0.4, -0.2) is 39.0 Å². The molecule has 5 aliphatic rings. The molecule has 6 unspecified atom stereocenters. The predicted molar refractivity (Wildman–Crippen MR) is 120 cm³/mol. The quantitative estimate of drug-likeness (QED) is 0.649. The van der Waals surface area contributed by atoms with Crippen molar-refractivity contribution in [3.05, 3.63) is 47.2 Å². The summed E-state index contributed by atoms with van der Waals surface area (Å²) in [5.41, 5.74) is 1.98. The molecule has 3 fully saturated rings. The fraction of sp³-hybridized carbons (Fsp3) is 0.593. The van der Waals surface area contributed by atoms with Crippen LogP contribution < -0.4 is 0 Å². The average molecular weight is 434 g/mol. The molecule has 1 aromatic carbocycles. The lowest BCUT2D eigenvalue weighted by molar-refractivity contribution is -0.247. The Morgan fingerprint density at radius 2 is 1.88 bits per heavy atom. The van der Waals surface area contributed by atoms with Gasteiger partial charge in [0.2, 0.25) is 0 Å². The third kappa shape index (κ3) is 1.86. The highest BCUT2D eigenvalue weighted by Crippen LogP contribution is 2.71. The summed E-state index contributed by atoms with van der Waals surface area (Å²) in [5, 5.41) is 13.9. The van der Waals surface area contributed by atoms with Crippen LogP contribution in [0.3, 0.4) is 0 Å². The zero-order chi connectivity index (χ0) is 22.3. The molecule has 2 aliphatic heterocycles. The van der Waals surface area contributed by atoms with Crippen LogP contribution in [-0.2, 0) is 26.1 Å². The first kappa shape index (κ1) is 19.5. The Kier molecular flexibility index (Phi) is 3.29. The van der Waals surface area contributed by atoms with Crippen LogP contribution in [0, 0.1) is 11.3 Å². The van der Waals surface area contributed by atoms with Crippen LogP contribution >= 0.6 is 0 Å². The number of aromatic nitrogens is 1. The van der Waals surface area contributed by atoms with E-state index in [4.69, 9.17) is 9.47 Å². The van der Waals surface area contributed by atoms with E-state index in [-0.39, 0.29) is 11.2 Å². The van der Waals surface area contributed by atoms with Crippen LogP contribution in [0.15, 0.2) is 35.9 Å². The number of nitrogens with one attached hydrogen (secondary N) is 1. The molecular formula is C27H31NO4. The van der Waals surface area contributed by atoms with Gasteiger partial charge in [-0.3, -0.25) is 4.79 Å². The lowest BCUT2D eigenvalue weighted by atomic mass is 9.42. The third-order valence-corrected chi connectivity index (χ3v) is 10.2. The first-order valence-corrected chi connectivity index (χ1v) is 12.0. The molecule has 32 heavy (non-hydrogen) atoms. The van der Waals surface area contributed by atoms with E-state index in [1.807, 2.05) is 13.8 Å². The molecule has 5 heteroatoms. The van der Waals surface area contributed by atoms with Gasteiger partial charge in [0.1, 0.15) is 5.60 Å². The molecule has 0 radical (unpaired) electrons. The van der Waals surface area contributed by atoms with Crippen LogP contribution in [0.2, 0.25) is 0 Å². The Hall–Kier alpha value is -1.95. The zero-order valence-corrected chi connectivity index (χ0v) is 19.2. The number of para-hydroxylation sites is 1. The van der Waals surface area contributed by atoms with Gasteiger partial charge >= 0.3 is 0 Å². The number of carbonyl (C=O) groups is 1. The van der Waals surface area contributed by atoms with Crippen molar-refractivity contribution >= 4 is 16.7 Å². The van der Waals surface area contributed by atoms with Crippen molar-refractivity contribution in [2.45, 2.75) is 88.3 Å². The van der Waals surface area contributed by atoms with E-state index in [9.17, 15) is 9.90 Å². The number of benzene rings is 1. The standard InChI is InChI=1S/C27H31NO4/c1-23(2)22-19(29)14-20-26(30)10-9-15-13-17-16-7-5-6-8-18(16)28-21(17)25(15,4)24(26,3)11-12-27(20,31-22)32-23/h5-8,14-15,22,28,30H,9-13H2,1-4H3. The number of aromatic amines is 1. The van der Waals surface area contributed by atoms with Crippen molar-refractivity contribution < 1.29 is 19.4 Å². The lowest BCUT2D eigenvalue weighted by Crippen LogP contribution is -2.69. The summed E-state index contributed by atoms with van der Waals surface area (Å²) < 4.78 is 12.8. The molecule has 7 rings (SSSR count). The average Bonchev–Trinajstić information content (AvgIpc) is 3.33. The second-order valence-corrected chi connectivity index (χ2v) is 11.8. The number of fused-ring (bicyclic) bond motifs is 9. The number of ketones is 1. The van der Waals surface area contributed by atoms with Gasteiger partial charge in [-0.15, -0.1) is 0 Å². The Morgan fingerprint density at radius 3 is 2.69 bits per heavy atom. The van der Waals surface area contributed by atoms with E-state index in [1.54, 1.807) is 6.08 Å². The highest BCUT2D eigenvalue weighted by atomic mass is 16.8. The molecule has 1 saturated heterocycles. The monoisotopic (exact) mass is 433 g/mol. The van der Waals surface area contributed by atoms with Gasteiger partial charge in [0, 0.05) is 39.4 Å². The van der Waals surface area contributed by atoms with Crippen molar-refractivity contribution in [2.24, 2.45) is 11.3 Å². The predicted octanol–water partition coefficient (Wildman–Crippen LogP) is 4.32. The first-order chi connectivity index (χ1) is 15.1. The summed E-state index contributed by atoms with van der Waals surface area (Å²) in [6.45, 7) is 8.43.